The number of carbonyl (C=O) groups is 1. The van der Waals surface area contributed by atoms with Crippen molar-refractivity contribution in [2.24, 2.45) is 5.92 Å². The van der Waals surface area contributed by atoms with Crippen molar-refractivity contribution >= 4 is 51.7 Å². The molecule has 0 radical (unpaired) electrons. The van der Waals surface area contributed by atoms with Gasteiger partial charge in [0.2, 0.25) is 0 Å². The Morgan fingerprint density at radius 2 is 1.89 bits per heavy atom. The Morgan fingerprint density at radius 3 is 2.63 bits per heavy atom. The van der Waals surface area contributed by atoms with Gasteiger partial charge >= 0.3 is 0 Å². The fraction of sp³-hybridized carbons (Fsp3) is 0.379. The van der Waals surface area contributed by atoms with Gasteiger partial charge in [0.15, 0.2) is 0 Å². The quantitative estimate of drug-likeness (QED) is 0.230. The zero-order valence-electron chi connectivity index (χ0n) is 21.8. The van der Waals surface area contributed by atoms with Crippen molar-refractivity contribution in [3.8, 4) is 0 Å². The van der Waals surface area contributed by atoms with Crippen LogP contribution in [0.5, 0.6) is 0 Å². The molecular formula is C29H32N4O3S2. The van der Waals surface area contributed by atoms with Crippen LogP contribution in [0.4, 0.5) is 5.82 Å². The van der Waals surface area contributed by atoms with Crippen LogP contribution in [0.2, 0.25) is 0 Å². The minimum absolute atomic E-state index is 0.169. The first-order valence-electron chi connectivity index (χ1n) is 13.0. The fourth-order valence-corrected chi connectivity index (χ4v) is 6.39. The summed E-state index contributed by atoms with van der Waals surface area (Å²) < 4.78 is 7.20. The van der Waals surface area contributed by atoms with Gasteiger partial charge < -0.3 is 9.64 Å². The number of carbonyl (C=O) groups excluding carboxylic acids is 1. The maximum absolute atomic E-state index is 13.8. The van der Waals surface area contributed by atoms with Gasteiger partial charge in [0.25, 0.3) is 11.5 Å². The number of hydrogen-bond donors (Lipinski definition) is 0. The van der Waals surface area contributed by atoms with Gasteiger partial charge in [0.05, 0.1) is 10.5 Å². The highest BCUT2D eigenvalue weighted by Gasteiger charge is 2.33. The summed E-state index contributed by atoms with van der Waals surface area (Å²) in [6, 6.07) is 14.4. The molecule has 9 heteroatoms. The second kappa shape index (κ2) is 11.8. The minimum Gasteiger partial charge on any atom is -0.385 e. The number of benzene rings is 1. The Morgan fingerprint density at radius 1 is 1.13 bits per heavy atom. The van der Waals surface area contributed by atoms with E-state index in [0.29, 0.717) is 51.7 Å². The summed E-state index contributed by atoms with van der Waals surface area (Å²) in [7, 11) is 1.64. The summed E-state index contributed by atoms with van der Waals surface area (Å²) in [6.07, 6.45) is 7.29. The second-order valence-corrected chi connectivity index (χ2v) is 11.6. The monoisotopic (exact) mass is 548 g/mol. The zero-order valence-corrected chi connectivity index (χ0v) is 23.4. The Balaban J connectivity index is 1.45. The molecule has 0 aliphatic carbocycles. The van der Waals surface area contributed by atoms with Crippen LogP contribution >= 0.6 is 24.0 Å². The number of fused-ring (bicyclic) bond motifs is 1. The van der Waals surface area contributed by atoms with E-state index in [1.807, 2.05) is 25.1 Å². The number of aryl methyl sites for hydroxylation is 1. The SMILES string of the molecule is COCCCN1C(=O)/C(=C\c2c(N3CCC(Cc4ccccc4)CC3)nc3ccc(C)cn3c2=O)SC1=S. The average molecular weight is 549 g/mol. The van der Waals surface area contributed by atoms with Gasteiger partial charge in [0, 0.05) is 39.5 Å². The summed E-state index contributed by atoms with van der Waals surface area (Å²) >= 11 is 6.73. The van der Waals surface area contributed by atoms with Crippen molar-refractivity contribution in [2.75, 3.05) is 38.3 Å². The highest BCUT2D eigenvalue weighted by molar-refractivity contribution is 8.26. The number of rotatable bonds is 8. The maximum Gasteiger partial charge on any atom is 0.267 e. The van der Waals surface area contributed by atoms with Crippen molar-refractivity contribution in [2.45, 2.75) is 32.6 Å². The van der Waals surface area contributed by atoms with Crippen LogP contribution in [-0.4, -0.2) is 57.9 Å². The molecule has 0 saturated carbocycles. The Hall–Kier alpha value is -3.01. The molecule has 2 fully saturated rings. The molecule has 4 heterocycles. The van der Waals surface area contributed by atoms with Gasteiger partial charge in [-0.1, -0.05) is 60.4 Å². The Bertz CT molecular complexity index is 1430. The smallest absolute Gasteiger partial charge is 0.267 e. The first-order chi connectivity index (χ1) is 18.4. The first-order valence-corrected chi connectivity index (χ1v) is 14.2. The van der Waals surface area contributed by atoms with E-state index in [2.05, 4.69) is 29.2 Å². The van der Waals surface area contributed by atoms with Crippen LogP contribution in [0.25, 0.3) is 11.7 Å². The molecule has 198 valence electrons. The lowest BCUT2D eigenvalue weighted by Crippen LogP contribution is -2.37. The van der Waals surface area contributed by atoms with Gasteiger partial charge in [-0.15, -0.1) is 0 Å². The topological polar surface area (TPSA) is 67.2 Å². The van der Waals surface area contributed by atoms with Gasteiger partial charge in [0.1, 0.15) is 15.8 Å². The van der Waals surface area contributed by atoms with E-state index in [1.165, 1.54) is 17.3 Å². The summed E-state index contributed by atoms with van der Waals surface area (Å²) in [5.41, 5.74) is 3.19. The van der Waals surface area contributed by atoms with E-state index in [0.717, 1.165) is 37.9 Å². The summed E-state index contributed by atoms with van der Waals surface area (Å²) in [5, 5.41) is 0. The van der Waals surface area contributed by atoms with Crippen LogP contribution in [0.3, 0.4) is 0 Å². The molecule has 2 saturated heterocycles. The third kappa shape index (κ3) is 5.70. The number of methoxy groups -OCH3 is 1. The third-order valence-corrected chi connectivity index (χ3v) is 8.52. The molecule has 0 unspecified atom stereocenters. The number of anilines is 1. The van der Waals surface area contributed by atoms with Gasteiger partial charge in [-0.2, -0.15) is 0 Å². The number of piperidine rings is 1. The highest BCUT2D eigenvalue weighted by Crippen LogP contribution is 2.34. The number of hydrogen-bond acceptors (Lipinski definition) is 7. The molecule has 0 atom stereocenters. The standard InChI is InChI=1S/C29H32N4O3S2/c1-20-9-10-25-30-26(31-14-11-22(12-15-31)17-21-7-4-3-5-8-21)23(27(34)33(25)19-20)18-24-28(35)32(29(37)38-24)13-6-16-36-2/h3-5,7-10,18-19,22H,6,11-17H2,1-2H3/b24-18+. The molecule has 0 spiro atoms. The molecule has 2 aliphatic heterocycles. The third-order valence-electron chi connectivity index (χ3n) is 7.15. The number of nitrogens with zero attached hydrogens (tertiary/aromatic N) is 4. The molecule has 3 aromatic rings. The highest BCUT2D eigenvalue weighted by atomic mass is 32.2. The van der Waals surface area contributed by atoms with Crippen LogP contribution in [0.15, 0.2) is 58.4 Å². The second-order valence-electron chi connectivity index (χ2n) is 9.89. The van der Waals surface area contributed by atoms with E-state index in [1.54, 1.807) is 28.7 Å². The lowest BCUT2D eigenvalue weighted by Gasteiger charge is -2.33. The van der Waals surface area contributed by atoms with E-state index in [-0.39, 0.29) is 11.5 Å². The maximum atomic E-state index is 13.8. The predicted octanol–water partition coefficient (Wildman–Crippen LogP) is 4.70. The van der Waals surface area contributed by atoms with E-state index in [9.17, 15) is 9.59 Å². The molecule has 0 N–H and O–H groups in total. The van der Waals surface area contributed by atoms with E-state index >= 15 is 0 Å². The van der Waals surface area contributed by atoms with Crippen molar-refractivity contribution in [1.29, 1.82) is 0 Å². The van der Waals surface area contributed by atoms with Crippen LogP contribution in [-0.2, 0) is 16.0 Å². The number of pyridine rings is 1. The molecule has 1 aromatic carbocycles. The summed E-state index contributed by atoms with van der Waals surface area (Å²) in [5.74, 6) is 1.06. The summed E-state index contributed by atoms with van der Waals surface area (Å²) in [4.78, 5) is 36.2. The van der Waals surface area contributed by atoms with Crippen LogP contribution in [0.1, 0.15) is 36.0 Å². The largest absolute Gasteiger partial charge is 0.385 e. The van der Waals surface area contributed by atoms with Gasteiger partial charge in [-0.25, -0.2) is 4.98 Å². The van der Waals surface area contributed by atoms with Crippen molar-refractivity contribution in [1.82, 2.24) is 14.3 Å². The first kappa shape index (κ1) is 26.6. The molecule has 5 rings (SSSR count). The molecular weight excluding hydrogens is 516 g/mol. The molecule has 7 nitrogen and oxygen atoms in total. The molecule has 0 bridgehead atoms. The van der Waals surface area contributed by atoms with Crippen molar-refractivity contribution in [3.63, 3.8) is 0 Å². The number of ether oxygens (including phenoxy) is 1. The molecule has 1 amide bonds. The molecule has 2 aliphatic rings. The summed E-state index contributed by atoms with van der Waals surface area (Å²) in [6.45, 7) is 4.61. The molecule has 2 aromatic heterocycles. The zero-order chi connectivity index (χ0) is 26.6. The van der Waals surface area contributed by atoms with E-state index < -0.39 is 0 Å². The number of amides is 1. The normalized spacial score (nSPS) is 17.8. The average Bonchev–Trinajstić information content (AvgIpc) is 3.19. The lowest BCUT2D eigenvalue weighted by atomic mass is 9.90. The Labute approximate surface area is 232 Å². The lowest BCUT2D eigenvalue weighted by molar-refractivity contribution is -0.122. The minimum atomic E-state index is -0.176. The van der Waals surface area contributed by atoms with Crippen LogP contribution < -0.4 is 10.5 Å². The van der Waals surface area contributed by atoms with E-state index in [4.69, 9.17) is 21.9 Å². The Kier molecular flexibility index (Phi) is 8.26. The predicted molar refractivity (Wildman–Crippen MR) is 158 cm³/mol. The van der Waals surface area contributed by atoms with Crippen molar-refractivity contribution in [3.05, 3.63) is 80.6 Å². The number of thioether (sulfide) groups is 1. The van der Waals surface area contributed by atoms with Crippen molar-refractivity contribution < 1.29 is 9.53 Å². The van der Waals surface area contributed by atoms with Gasteiger partial charge in [-0.3, -0.25) is 18.9 Å². The molecule has 38 heavy (non-hydrogen) atoms. The number of thiocarbonyl (C=S) groups is 1. The fourth-order valence-electron chi connectivity index (χ4n) is 5.10. The van der Waals surface area contributed by atoms with Crippen LogP contribution in [0, 0.1) is 12.8 Å². The number of aromatic nitrogens is 2. The van der Waals surface area contributed by atoms with Gasteiger partial charge in [-0.05, 0) is 61.8 Å².